The lowest BCUT2D eigenvalue weighted by molar-refractivity contribution is -0.189. The van der Waals surface area contributed by atoms with Gasteiger partial charge in [0.1, 0.15) is 22.9 Å². The average Bonchev–Trinajstić information content (AvgIpc) is 2.66. The number of halogens is 8. The van der Waals surface area contributed by atoms with Gasteiger partial charge in [0.25, 0.3) is 0 Å². The van der Waals surface area contributed by atoms with E-state index in [0.29, 0.717) is 12.8 Å². The number of ether oxygens (including phenoxy) is 2. The molecular weight excluding hydrogens is 448 g/mol. The summed E-state index contributed by atoms with van der Waals surface area (Å²) in [5, 5.41) is -0.226. The second-order valence-corrected chi connectivity index (χ2v) is 6.97. The normalized spacial score (nSPS) is 12.3. The van der Waals surface area contributed by atoms with Gasteiger partial charge in [0.2, 0.25) is 0 Å². The summed E-state index contributed by atoms with van der Waals surface area (Å²) >= 11 is 0. The van der Waals surface area contributed by atoms with Gasteiger partial charge in [0, 0.05) is 5.39 Å². The monoisotopic (exact) mass is 464 g/mol. The van der Waals surface area contributed by atoms with Crippen LogP contribution in [0.25, 0.3) is 10.8 Å². The van der Waals surface area contributed by atoms with Crippen LogP contribution in [0.4, 0.5) is 35.1 Å². The van der Waals surface area contributed by atoms with Crippen LogP contribution in [0.1, 0.15) is 24.5 Å². The minimum atomic E-state index is -4.68. The van der Waals surface area contributed by atoms with Gasteiger partial charge in [-0.15, -0.1) is 0 Å². The summed E-state index contributed by atoms with van der Waals surface area (Å²) < 4.78 is 118. The van der Waals surface area contributed by atoms with E-state index in [1.165, 1.54) is 0 Å². The molecule has 0 saturated heterocycles. The fourth-order valence-electron chi connectivity index (χ4n) is 3.12. The minimum Gasteiger partial charge on any atom is -0.481 e. The Morgan fingerprint density at radius 2 is 1.50 bits per heavy atom. The van der Waals surface area contributed by atoms with E-state index in [1.54, 1.807) is 6.92 Å². The fourth-order valence-corrected chi connectivity index (χ4v) is 3.12. The molecule has 0 saturated carbocycles. The first-order valence-electron chi connectivity index (χ1n) is 9.38. The molecule has 0 amide bonds. The smallest absolute Gasteiger partial charge is 0.432 e. The summed E-state index contributed by atoms with van der Waals surface area (Å²) in [4.78, 5) is 0. The Balaban J connectivity index is 1.89. The van der Waals surface area contributed by atoms with Crippen molar-refractivity contribution in [1.29, 1.82) is 0 Å². The van der Waals surface area contributed by atoms with Gasteiger partial charge in [-0.25, -0.2) is 13.2 Å². The quantitative estimate of drug-likeness (QED) is 0.342. The van der Waals surface area contributed by atoms with Gasteiger partial charge in [0.15, 0.2) is 18.2 Å². The first-order chi connectivity index (χ1) is 14.9. The molecule has 10 heteroatoms. The molecule has 0 aliphatic heterocycles. The molecule has 0 aliphatic rings. The fraction of sp³-hybridized carbons (Fsp3) is 0.273. The zero-order chi connectivity index (χ0) is 23.7. The lowest BCUT2D eigenvalue weighted by atomic mass is 10.1. The van der Waals surface area contributed by atoms with E-state index in [-0.39, 0.29) is 16.3 Å². The van der Waals surface area contributed by atoms with Gasteiger partial charge in [-0.3, -0.25) is 0 Å². The molecule has 2 nitrogen and oxygen atoms in total. The average molecular weight is 464 g/mol. The first-order valence-corrected chi connectivity index (χ1v) is 9.38. The molecule has 32 heavy (non-hydrogen) atoms. The van der Waals surface area contributed by atoms with Crippen LogP contribution < -0.4 is 9.47 Å². The topological polar surface area (TPSA) is 18.5 Å². The summed E-state index contributed by atoms with van der Waals surface area (Å²) in [6, 6.07) is 6.48. The van der Waals surface area contributed by atoms with Crippen LogP contribution in [0.5, 0.6) is 11.5 Å². The summed E-state index contributed by atoms with van der Waals surface area (Å²) in [5.74, 6) is -5.30. The van der Waals surface area contributed by atoms with E-state index >= 15 is 0 Å². The van der Waals surface area contributed by atoms with E-state index < -0.39 is 53.4 Å². The highest BCUT2D eigenvalue weighted by atomic mass is 19.4. The highest BCUT2D eigenvalue weighted by molar-refractivity contribution is 5.86. The Labute approximate surface area is 177 Å². The van der Waals surface area contributed by atoms with Crippen molar-refractivity contribution in [3.63, 3.8) is 0 Å². The van der Waals surface area contributed by atoms with Crippen molar-refractivity contribution in [2.75, 3.05) is 6.61 Å². The predicted octanol–water partition coefficient (Wildman–Crippen LogP) is 7.28. The van der Waals surface area contributed by atoms with Crippen LogP contribution in [0, 0.1) is 17.5 Å². The van der Waals surface area contributed by atoms with Crippen molar-refractivity contribution in [3.05, 3.63) is 71.0 Å². The zero-order valence-corrected chi connectivity index (χ0v) is 16.5. The lowest BCUT2D eigenvalue weighted by Crippen LogP contribution is -2.25. The third kappa shape index (κ3) is 5.23. The van der Waals surface area contributed by atoms with Gasteiger partial charge in [-0.05, 0) is 53.8 Å². The standard InChI is InChI=1S/C22H16F8O2/c1-2-3-12-8-16(23)19(17(24)9-12)22(29,30)32-14-5-6-15-13(10-14)4-7-18(20(15)25)31-11-21(26,27)28/h4-10H,2-3,11H2,1H3. The Kier molecular flexibility index (Phi) is 6.52. The molecule has 0 fully saturated rings. The number of hydrogen-bond acceptors (Lipinski definition) is 2. The molecular formula is C22H16F8O2. The Bertz CT molecular complexity index is 1100. The van der Waals surface area contributed by atoms with Crippen molar-refractivity contribution in [2.45, 2.75) is 32.1 Å². The maximum atomic E-state index is 14.5. The number of hydrogen-bond donors (Lipinski definition) is 0. The van der Waals surface area contributed by atoms with E-state index in [1.807, 2.05) is 0 Å². The third-order valence-corrected chi connectivity index (χ3v) is 4.46. The Hall–Kier alpha value is -3.04. The molecule has 0 atom stereocenters. The van der Waals surface area contributed by atoms with E-state index in [4.69, 9.17) is 0 Å². The lowest BCUT2D eigenvalue weighted by Gasteiger charge is -2.20. The van der Waals surface area contributed by atoms with E-state index in [0.717, 1.165) is 42.5 Å². The summed E-state index contributed by atoms with van der Waals surface area (Å²) in [7, 11) is 0. The second kappa shape index (κ2) is 8.84. The summed E-state index contributed by atoms with van der Waals surface area (Å²) in [6.45, 7) is 0.0480. The molecule has 0 N–H and O–H groups in total. The molecule has 172 valence electrons. The zero-order valence-electron chi connectivity index (χ0n) is 16.5. The van der Waals surface area contributed by atoms with Crippen LogP contribution in [0.2, 0.25) is 0 Å². The predicted molar refractivity (Wildman–Crippen MR) is 100 cm³/mol. The van der Waals surface area contributed by atoms with E-state index in [2.05, 4.69) is 9.47 Å². The number of alkyl halides is 5. The molecule has 0 bridgehead atoms. The molecule has 0 aliphatic carbocycles. The van der Waals surface area contributed by atoms with Crippen molar-refractivity contribution < 1.29 is 44.6 Å². The first kappa shape index (κ1) is 23.6. The van der Waals surface area contributed by atoms with Crippen molar-refractivity contribution in [3.8, 4) is 11.5 Å². The summed E-state index contributed by atoms with van der Waals surface area (Å²) in [5.41, 5.74) is -1.36. The minimum absolute atomic E-state index is 0.00519. The van der Waals surface area contributed by atoms with Crippen molar-refractivity contribution >= 4 is 10.8 Å². The molecule has 0 spiro atoms. The van der Waals surface area contributed by atoms with Crippen LogP contribution >= 0.6 is 0 Å². The molecule has 0 aromatic heterocycles. The highest BCUT2D eigenvalue weighted by Gasteiger charge is 2.41. The van der Waals surface area contributed by atoms with Crippen LogP contribution in [-0.2, 0) is 12.5 Å². The van der Waals surface area contributed by atoms with Crippen LogP contribution in [0.3, 0.4) is 0 Å². The Morgan fingerprint density at radius 1 is 0.844 bits per heavy atom. The molecule has 3 rings (SSSR count). The van der Waals surface area contributed by atoms with Crippen LogP contribution in [-0.4, -0.2) is 12.8 Å². The number of benzene rings is 3. The van der Waals surface area contributed by atoms with Crippen molar-refractivity contribution in [1.82, 2.24) is 0 Å². The molecule has 0 unspecified atom stereocenters. The van der Waals surface area contributed by atoms with Gasteiger partial charge >= 0.3 is 12.3 Å². The molecule has 0 heterocycles. The highest BCUT2D eigenvalue weighted by Crippen LogP contribution is 2.37. The SMILES string of the molecule is CCCc1cc(F)c(C(F)(F)Oc2ccc3c(F)c(OCC(F)(F)F)ccc3c2)c(F)c1. The van der Waals surface area contributed by atoms with Gasteiger partial charge in [0.05, 0.1) is 0 Å². The largest absolute Gasteiger partial charge is 0.481 e. The number of fused-ring (bicyclic) bond motifs is 1. The number of aryl methyl sites for hydroxylation is 1. The Morgan fingerprint density at radius 3 is 2.09 bits per heavy atom. The summed E-state index contributed by atoms with van der Waals surface area (Å²) in [6.07, 6.45) is -8.21. The molecule has 3 aromatic rings. The maximum Gasteiger partial charge on any atom is 0.432 e. The molecule has 0 radical (unpaired) electrons. The van der Waals surface area contributed by atoms with Gasteiger partial charge < -0.3 is 9.47 Å². The van der Waals surface area contributed by atoms with Gasteiger partial charge in [-0.2, -0.15) is 22.0 Å². The van der Waals surface area contributed by atoms with Crippen LogP contribution in [0.15, 0.2) is 42.5 Å². The molecule has 3 aromatic carbocycles. The number of rotatable bonds is 7. The maximum absolute atomic E-state index is 14.5. The third-order valence-electron chi connectivity index (χ3n) is 4.46. The van der Waals surface area contributed by atoms with E-state index in [9.17, 15) is 35.1 Å². The van der Waals surface area contributed by atoms with Gasteiger partial charge in [-0.1, -0.05) is 19.4 Å². The van der Waals surface area contributed by atoms with Crippen molar-refractivity contribution in [2.24, 2.45) is 0 Å². The second-order valence-electron chi connectivity index (χ2n) is 6.97.